The molecule has 0 spiro atoms. The summed E-state index contributed by atoms with van der Waals surface area (Å²) >= 11 is 0. The number of ether oxygens (including phenoxy) is 1. The van der Waals surface area contributed by atoms with Crippen molar-refractivity contribution in [1.29, 1.82) is 0 Å². The second-order valence-corrected chi connectivity index (χ2v) is 11.3. The highest BCUT2D eigenvalue weighted by Crippen LogP contribution is 2.66. The Morgan fingerprint density at radius 3 is 2.29 bits per heavy atom. The lowest BCUT2D eigenvalue weighted by Gasteiger charge is -2.40. The smallest absolute Gasteiger partial charge is 0.313 e. The van der Waals surface area contributed by atoms with Gasteiger partial charge in [0, 0.05) is 24.5 Å². The van der Waals surface area contributed by atoms with Crippen LogP contribution in [-0.2, 0) is 9.30 Å². The molecule has 0 radical (unpaired) electrons. The quantitative estimate of drug-likeness (QED) is 0.639. The molecule has 0 bridgehead atoms. The van der Waals surface area contributed by atoms with Gasteiger partial charge in [0.2, 0.25) is 0 Å². The van der Waals surface area contributed by atoms with E-state index in [1.165, 1.54) is 0 Å². The Hall–Kier alpha value is -2.56. The minimum absolute atomic E-state index is 0.0558. The average molecular weight is 436 g/mol. The second-order valence-electron chi connectivity index (χ2n) is 9.14. The van der Waals surface area contributed by atoms with E-state index < -0.39 is 7.44 Å². The molecular weight excluding hydrogens is 407 g/mol. The number of para-hydroxylation sites is 2. The first-order valence-electron chi connectivity index (χ1n) is 10.9. The monoisotopic (exact) mass is 436 g/mol. The van der Waals surface area contributed by atoms with Gasteiger partial charge in [-0.2, -0.15) is 9.88 Å². The van der Waals surface area contributed by atoms with Crippen molar-refractivity contribution in [2.45, 2.75) is 26.7 Å². The van der Waals surface area contributed by atoms with Crippen molar-refractivity contribution in [3.05, 3.63) is 71.7 Å². The Kier molecular flexibility index (Phi) is 5.15. The molecule has 1 aliphatic carbocycles. The summed E-state index contributed by atoms with van der Waals surface area (Å²) in [4.78, 5) is 2.36. The molecule has 5 rings (SSSR count). The summed E-state index contributed by atoms with van der Waals surface area (Å²) in [5.41, 5.74) is 3.82. The summed E-state index contributed by atoms with van der Waals surface area (Å²) in [5.74, 6) is 0. The van der Waals surface area contributed by atoms with Crippen LogP contribution in [0.5, 0.6) is 0 Å². The number of hydrazone groups is 1. The standard InChI is InChI=1S/C24H29N4O2P/c1-24(2)17-21-23(22(18-24)27-13-15-30-16-14-27)31(29,26-19-9-5-3-6-10-19)28(25-21)20-11-7-4-8-12-20/h3-12H,13-18H2,1-2H3,(H,26,29)/t31-/m0/s1. The van der Waals surface area contributed by atoms with Gasteiger partial charge in [-0.3, -0.25) is 4.57 Å². The molecule has 1 N–H and O–H groups in total. The Labute approximate surface area is 184 Å². The molecule has 0 amide bonds. The number of nitrogens with zero attached hydrogens (tertiary/aromatic N) is 3. The number of nitrogens with one attached hydrogen (secondary N) is 1. The van der Waals surface area contributed by atoms with Crippen molar-refractivity contribution < 1.29 is 9.30 Å². The second kappa shape index (κ2) is 7.85. The zero-order valence-corrected chi connectivity index (χ0v) is 19.0. The van der Waals surface area contributed by atoms with Crippen molar-refractivity contribution in [3.63, 3.8) is 0 Å². The van der Waals surface area contributed by atoms with Gasteiger partial charge in [-0.25, -0.2) is 0 Å². The van der Waals surface area contributed by atoms with Crippen LogP contribution in [0.4, 0.5) is 11.4 Å². The van der Waals surface area contributed by atoms with Gasteiger partial charge in [-0.1, -0.05) is 50.2 Å². The lowest BCUT2D eigenvalue weighted by molar-refractivity contribution is 0.0489. The maximum atomic E-state index is 14.9. The molecule has 6 nitrogen and oxygen atoms in total. The molecule has 2 aromatic rings. The topological polar surface area (TPSA) is 57.2 Å². The minimum atomic E-state index is -3.26. The lowest BCUT2D eigenvalue weighted by atomic mass is 9.78. The average Bonchev–Trinajstić information content (AvgIpc) is 3.06. The van der Waals surface area contributed by atoms with E-state index in [9.17, 15) is 4.57 Å². The van der Waals surface area contributed by atoms with Crippen LogP contribution in [0.1, 0.15) is 26.7 Å². The maximum Gasteiger partial charge on any atom is 0.313 e. The predicted molar refractivity (Wildman–Crippen MR) is 126 cm³/mol. The van der Waals surface area contributed by atoms with E-state index in [1.54, 1.807) is 4.78 Å². The molecule has 3 aliphatic rings. The van der Waals surface area contributed by atoms with Gasteiger partial charge in [-0.15, -0.1) is 0 Å². The van der Waals surface area contributed by atoms with Gasteiger partial charge in [0.05, 0.1) is 29.9 Å². The van der Waals surface area contributed by atoms with Crippen molar-refractivity contribution >= 4 is 24.5 Å². The number of hydrogen-bond acceptors (Lipinski definition) is 4. The summed E-state index contributed by atoms with van der Waals surface area (Å²) in [6.45, 7) is 7.57. The molecule has 1 saturated heterocycles. The van der Waals surface area contributed by atoms with Crippen molar-refractivity contribution in [2.24, 2.45) is 10.5 Å². The Balaban J connectivity index is 1.68. The molecule has 7 heteroatoms. The largest absolute Gasteiger partial charge is 0.378 e. The van der Waals surface area contributed by atoms with Gasteiger partial charge < -0.3 is 14.7 Å². The van der Waals surface area contributed by atoms with Crippen LogP contribution in [0, 0.1) is 5.41 Å². The lowest BCUT2D eigenvalue weighted by Crippen LogP contribution is -2.40. The van der Waals surface area contributed by atoms with Crippen LogP contribution < -0.4 is 9.87 Å². The fourth-order valence-corrected chi connectivity index (χ4v) is 7.31. The summed E-state index contributed by atoms with van der Waals surface area (Å²) in [6.07, 6.45) is 1.68. The fraction of sp³-hybridized carbons (Fsp3) is 0.375. The van der Waals surface area contributed by atoms with E-state index in [-0.39, 0.29) is 5.41 Å². The van der Waals surface area contributed by atoms with Gasteiger partial charge in [0.25, 0.3) is 0 Å². The highest BCUT2D eigenvalue weighted by atomic mass is 31.2. The van der Waals surface area contributed by atoms with Gasteiger partial charge in [0.15, 0.2) is 0 Å². The minimum Gasteiger partial charge on any atom is -0.378 e. The number of benzene rings is 2. The molecule has 0 unspecified atom stereocenters. The summed E-state index contributed by atoms with van der Waals surface area (Å²) in [5, 5.41) is 9.28. The number of morpholine rings is 1. The van der Waals surface area contributed by atoms with E-state index in [0.29, 0.717) is 13.2 Å². The van der Waals surface area contributed by atoms with Gasteiger partial charge in [-0.05, 0) is 42.5 Å². The van der Waals surface area contributed by atoms with E-state index in [0.717, 1.165) is 54.0 Å². The van der Waals surface area contributed by atoms with Gasteiger partial charge in [0.1, 0.15) is 0 Å². The Bertz CT molecular complexity index is 1060. The predicted octanol–water partition coefficient (Wildman–Crippen LogP) is 5.53. The first-order chi connectivity index (χ1) is 15.0. The molecule has 162 valence electrons. The van der Waals surface area contributed by atoms with E-state index in [1.807, 2.05) is 60.7 Å². The fourth-order valence-electron chi connectivity index (χ4n) is 4.68. The van der Waals surface area contributed by atoms with Crippen molar-refractivity contribution in [1.82, 2.24) is 4.90 Å². The maximum absolute atomic E-state index is 14.9. The highest BCUT2D eigenvalue weighted by molar-refractivity contribution is 7.73. The first-order valence-corrected chi connectivity index (χ1v) is 12.6. The zero-order chi connectivity index (χ0) is 21.5. The number of anilines is 2. The van der Waals surface area contributed by atoms with Crippen LogP contribution in [-0.4, -0.2) is 36.9 Å². The molecular formula is C24H29N4O2P. The first kappa shape index (κ1) is 20.3. The highest BCUT2D eigenvalue weighted by Gasteiger charge is 2.50. The molecule has 1 atom stereocenters. The van der Waals surface area contributed by atoms with Gasteiger partial charge >= 0.3 is 7.44 Å². The number of allylic oxidation sites excluding steroid dienone is 2. The van der Waals surface area contributed by atoms with Crippen LogP contribution in [0.2, 0.25) is 0 Å². The van der Waals surface area contributed by atoms with Crippen LogP contribution in [0.15, 0.2) is 76.8 Å². The van der Waals surface area contributed by atoms with E-state index in [4.69, 9.17) is 9.84 Å². The number of rotatable bonds is 4. The van der Waals surface area contributed by atoms with Crippen LogP contribution in [0.25, 0.3) is 0 Å². The molecule has 0 saturated carbocycles. The summed E-state index contributed by atoms with van der Waals surface area (Å²) < 4.78 is 22.3. The van der Waals surface area contributed by atoms with Crippen molar-refractivity contribution in [2.75, 3.05) is 36.2 Å². The molecule has 0 aromatic heterocycles. The Morgan fingerprint density at radius 1 is 0.968 bits per heavy atom. The third-order valence-corrected chi connectivity index (χ3v) is 8.60. The van der Waals surface area contributed by atoms with E-state index >= 15 is 0 Å². The third-order valence-electron chi connectivity index (χ3n) is 6.06. The normalized spacial score (nSPS) is 25.3. The van der Waals surface area contributed by atoms with E-state index in [2.05, 4.69) is 23.8 Å². The summed E-state index contributed by atoms with van der Waals surface area (Å²) in [6, 6.07) is 19.6. The molecule has 2 heterocycles. The van der Waals surface area contributed by atoms with Crippen LogP contribution in [0.3, 0.4) is 0 Å². The molecule has 2 aliphatic heterocycles. The third kappa shape index (κ3) is 3.79. The van der Waals surface area contributed by atoms with Crippen molar-refractivity contribution in [3.8, 4) is 0 Å². The summed E-state index contributed by atoms with van der Waals surface area (Å²) in [7, 11) is -3.26. The molecule has 31 heavy (non-hydrogen) atoms. The molecule has 1 fully saturated rings. The molecule has 2 aromatic carbocycles. The SMILES string of the molecule is CC1(C)CC2=NN(c3ccccc3)[P@@](=O)(Nc3ccccc3)C2=C(N2CCOCC2)C1. The number of hydrogen-bond donors (Lipinski definition) is 1. The van der Waals surface area contributed by atoms with Crippen LogP contribution >= 0.6 is 7.44 Å². The zero-order valence-electron chi connectivity index (χ0n) is 18.1. The Morgan fingerprint density at radius 2 is 1.61 bits per heavy atom. The number of fused-ring (bicyclic) bond motifs is 1.